The Morgan fingerprint density at radius 1 is 1.22 bits per heavy atom. The van der Waals surface area contributed by atoms with Crippen LogP contribution in [0.15, 0.2) is 51.0 Å². The molecule has 1 heterocycles. The lowest BCUT2D eigenvalue weighted by Gasteiger charge is -2.17. The number of ether oxygens (including phenoxy) is 1. The Morgan fingerprint density at radius 2 is 1.96 bits per heavy atom. The van der Waals surface area contributed by atoms with Crippen LogP contribution in [0, 0.1) is 5.82 Å². The molecule has 0 bridgehead atoms. The van der Waals surface area contributed by atoms with Crippen molar-refractivity contribution < 1.29 is 17.5 Å². The molecule has 0 saturated heterocycles. The Kier molecular flexibility index (Phi) is 8.01. The molecule has 2 aromatic rings. The van der Waals surface area contributed by atoms with Crippen LogP contribution >= 0.6 is 11.3 Å². The molecule has 1 aromatic heterocycles. The van der Waals surface area contributed by atoms with Crippen molar-refractivity contribution in [3.8, 4) is 5.75 Å². The minimum Gasteiger partial charge on any atom is -0.489 e. The number of thiophene rings is 1. The third-order valence-electron chi connectivity index (χ3n) is 3.40. The monoisotopic (exact) mass is 414 g/mol. The summed E-state index contributed by atoms with van der Waals surface area (Å²) in [5.74, 6) is 0.795. The number of sulfonamides is 1. The van der Waals surface area contributed by atoms with Gasteiger partial charge in [-0.05, 0) is 42.6 Å². The van der Waals surface area contributed by atoms with Crippen LogP contribution in [0.4, 0.5) is 4.39 Å². The zero-order valence-electron chi connectivity index (χ0n) is 15.1. The largest absolute Gasteiger partial charge is 0.489 e. The summed E-state index contributed by atoms with van der Waals surface area (Å²) in [5, 5.41) is 7.83. The third kappa shape index (κ3) is 7.16. The predicted octanol–water partition coefficient (Wildman–Crippen LogP) is 1.80. The van der Waals surface area contributed by atoms with Crippen LogP contribution in [0.2, 0.25) is 0 Å². The summed E-state index contributed by atoms with van der Waals surface area (Å²) in [5.41, 5.74) is 0. The maximum atomic E-state index is 12.9. The molecule has 0 spiro atoms. The Labute approximate surface area is 162 Å². The van der Waals surface area contributed by atoms with Crippen molar-refractivity contribution in [2.24, 2.45) is 4.99 Å². The molecule has 1 unspecified atom stereocenters. The molecule has 1 aromatic carbocycles. The number of rotatable bonds is 9. The van der Waals surface area contributed by atoms with Crippen LogP contribution < -0.4 is 20.1 Å². The molecule has 0 aliphatic rings. The second kappa shape index (κ2) is 10.2. The van der Waals surface area contributed by atoms with Gasteiger partial charge in [0.15, 0.2) is 5.96 Å². The topological polar surface area (TPSA) is 91.8 Å². The smallest absolute Gasteiger partial charge is 0.250 e. The summed E-state index contributed by atoms with van der Waals surface area (Å²) in [6.07, 6.45) is -0.175. The number of nitrogens with zero attached hydrogens (tertiary/aromatic N) is 1. The van der Waals surface area contributed by atoms with Crippen molar-refractivity contribution >= 4 is 27.3 Å². The number of nitrogens with one attached hydrogen (secondary N) is 3. The zero-order chi connectivity index (χ0) is 19.7. The number of benzene rings is 1. The SMILES string of the molecule is CN=C(NCCNS(=O)(=O)c1cccs1)NCC(C)Oc1ccc(F)cc1. The van der Waals surface area contributed by atoms with Gasteiger partial charge in [-0.15, -0.1) is 11.3 Å². The van der Waals surface area contributed by atoms with Crippen molar-refractivity contribution in [2.75, 3.05) is 26.7 Å². The van der Waals surface area contributed by atoms with Gasteiger partial charge in [0.25, 0.3) is 0 Å². The lowest BCUT2D eigenvalue weighted by atomic mass is 10.3. The molecule has 10 heteroatoms. The average molecular weight is 415 g/mol. The van der Waals surface area contributed by atoms with Crippen molar-refractivity contribution in [1.82, 2.24) is 15.4 Å². The van der Waals surface area contributed by atoms with Crippen LogP contribution in [0.25, 0.3) is 0 Å². The van der Waals surface area contributed by atoms with Gasteiger partial charge in [-0.25, -0.2) is 17.5 Å². The minimum atomic E-state index is -3.46. The number of guanidine groups is 1. The van der Waals surface area contributed by atoms with Gasteiger partial charge in [0.2, 0.25) is 10.0 Å². The first-order chi connectivity index (χ1) is 12.9. The maximum Gasteiger partial charge on any atom is 0.250 e. The van der Waals surface area contributed by atoms with E-state index in [2.05, 4.69) is 20.3 Å². The van der Waals surface area contributed by atoms with E-state index in [0.717, 1.165) is 0 Å². The lowest BCUT2D eigenvalue weighted by Crippen LogP contribution is -2.44. The van der Waals surface area contributed by atoms with Gasteiger partial charge in [-0.2, -0.15) is 0 Å². The molecule has 7 nitrogen and oxygen atoms in total. The Balaban J connectivity index is 1.68. The third-order valence-corrected chi connectivity index (χ3v) is 6.26. The van der Waals surface area contributed by atoms with Crippen molar-refractivity contribution in [3.05, 3.63) is 47.6 Å². The maximum absolute atomic E-state index is 12.9. The average Bonchev–Trinajstić information content (AvgIpc) is 3.19. The highest BCUT2D eigenvalue weighted by molar-refractivity contribution is 7.91. The number of aliphatic imine (C=N–C) groups is 1. The molecule has 148 valence electrons. The molecule has 0 amide bonds. The van der Waals surface area contributed by atoms with Gasteiger partial charge in [-0.1, -0.05) is 6.07 Å². The summed E-state index contributed by atoms with van der Waals surface area (Å²) in [7, 11) is -1.84. The van der Waals surface area contributed by atoms with Gasteiger partial charge in [0.05, 0.1) is 6.54 Å². The highest BCUT2D eigenvalue weighted by Crippen LogP contribution is 2.15. The quantitative estimate of drug-likeness (QED) is 0.331. The van der Waals surface area contributed by atoms with Crippen LogP contribution in [0.3, 0.4) is 0 Å². The van der Waals surface area contributed by atoms with Crippen LogP contribution in [0.5, 0.6) is 5.75 Å². The standard InChI is InChI=1S/C17H23FN4O3S2/c1-13(25-15-7-5-14(18)6-8-15)12-21-17(19-2)20-9-10-22-27(23,24)16-4-3-11-26-16/h3-8,11,13,22H,9-10,12H2,1-2H3,(H2,19,20,21). The second-order valence-electron chi connectivity index (χ2n) is 5.59. The van der Waals surface area contributed by atoms with Gasteiger partial charge in [-0.3, -0.25) is 4.99 Å². The van der Waals surface area contributed by atoms with E-state index in [1.165, 1.54) is 23.5 Å². The molecule has 0 radical (unpaired) electrons. The normalized spacial score (nSPS) is 13.2. The fourth-order valence-corrected chi connectivity index (χ4v) is 4.17. The lowest BCUT2D eigenvalue weighted by molar-refractivity contribution is 0.223. The van der Waals surface area contributed by atoms with E-state index < -0.39 is 10.0 Å². The van der Waals surface area contributed by atoms with E-state index in [1.807, 2.05) is 6.92 Å². The summed E-state index contributed by atoms with van der Waals surface area (Å²) >= 11 is 1.17. The molecule has 0 fully saturated rings. The number of hydrogen-bond donors (Lipinski definition) is 3. The molecule has 2 rings (SSSR count). The second-order valence-corrected chi connectivity index (χ2v) is 8.53. The molecule has 3 N–H and O–H groups in total. The van der Waals surface area contributed by atoms with E-state index in [0.29, 0.717) is 24.8 Å². The van der Waals surface area contributed by atoms with Crippen LogP contribution in [-0.4, -0.2) is 47.2 Å². The van der Waals surface area contributed by atoms with Crippen LogP contribution in [-0.2, 0) is 10.0 Å². The molecular weight excluding hydrogens is 391 g/mol. The highest BCUT2D eigenvalue weighted by atomic mass is 32.2. The van der Waals surface area contributed by atoms with Crippen molar-refractivity contribution in [1.29, 1.82) is 0 Å². The molecule has 0 aliphatic heterocycles. The molecule has 0 saturated carbocycles. The van der Waals surface area contributed by atoms with E-state index in [9.17, 15) is 12.8 Å². The van der Waals surface area contributed by atoms with E-state index in [4.69, 9.17) is 4.74 Å². The van der Waals surface area contributed by atoms with Crippen LogP contribution in [0.1, 0.15) is 6.92 Å². The van der Waals surface area contributed by atoms with E-state index in [1.54, 1.807) is 36.7 Å². The summed E-state index contributed by atoms with van der Waals surface area (Å²) < 4.78 is 45.4. The minimum absolute atomic E-state index is 0.175. The predicted molar refractivity (Wildman–Crippen MR) is 105 cm³/mol. The molecule has 1 atom stereocenters. The first-order valence-corrected chi connectivity index (χ1v) is 10.7. The Morgan fingerprint density at radius 3 is 2.59 bits per heavy atom. The summed E-state index contributed by atoms with van der Waals surface area (Å²) in [6.45, 7) is 2.94. The Hall–Kier alpha value is -2.17. The van der Waals surface area contributed by atoms with Gasteiger partial charge >= 0.3 is 0 Å². The highest BCUT2D eigenvalue weighted by Gasteiger charge is 2.14. The Bertz CT molecular complexity index is 824. The molecular formula is C17H23FN4O3S2. The zero-order valence-corrected chi connectivity index (χ0v) is 16.7. The number of hydrogen-bond acceptors (Lipinski definition) is 5. The van der Waals surface area contributed by atoms with Crippen molar-refractivity contribution in [3.63, 3.8) is 0 Å². The van der Waals surface area contributed by atoms with E-state index in [-0.39, 0.29) is 22.7 Å². The fraction of sp³-hybridized carbons (Fsp3) is 0.353. The first-order valence-electron chi connectivity index (χ1n) is 8.30. The summed E-state index contributed by atoms with van der Waals surface area (Å²) in [4.78, 5) is 4.08. The fourth-order valence-electron chi connectivity index (χ4n) is 2.10. The van der Waals surface area contributed by atoms with Gasteiger partial charge in [0.1, 0.15) is 21.9 Å². The number of halogens is 1. The van der Waals surface area contributed by atoms with Gasteiger partial charge < -0.3 is 15.4 Å². The summed E-state index contributed by atoms with van der Waals surface area (Å²) in [6, 6.07) is 9.07. The van der Waals surface area contributed by atoms with Gasteiger partial charge in [0, 0.05) is 20.1 Å². The van der Waals surface area contributed by atoms with E-state index >= 15 is 0 Å². The molecule has 27 heavy (non-hydrogen) atoms. The van der Waals surface area contributed by atoms with Crippen molar-refractivity contribution in [2.45, 2.75) is 17.2 Å². The molecule has 0 aliphatic carbocycles. The first kappa shape index (κ1) is 21.1.